The number of rotatable bonds is 3. The maximum Gasteiger partial charge on any atom is 0.231 e. The van der Waals surface area contributed by atoms with E-state index in [1.54, 1.807) is 12.1 Å². The van der Waals surface area contributed by atoms with Gasteiger partial charge in [0.15, 0.2) is 17.3 Å². The second kappa shape index (κ2) is 3.96. The van der Waals surface area contributed by atoms with Crippen LogP contribution in [0.2, 0.25) is 0 Å². The Balaban J connectivity index is 1.99. The minimum Gasteiger partial charge on any atom is -0.454 e. The summed E-state index contributed by atoms with van der Waals surface area (Å²) in [5.74, 6) is 1.15. The smallest absolute Gasteiger partial charge is 0.231 e. The molecule has 0 aliphatic carbocycles. The van der Waals surface area contributed by atoms with Gasteiger partial charge in [-0.05, 0) is 24.6 Å². The Kier molecular flexibility index (Phi) is 2.53. The van der Waals surface area contributed by atoms with Crippen molar-refractivity contribution >= 4 is 5.78 Å². The maximum absolute atomic E-state index is 12.5. The molecule has 0 saturated carbocycles. The molecule has 2 aliphatic rings. The van der Waals surface area contributed by atoms with Gasteiger partial charge in [-0.1, -0.05) is 0 Å². The van der Waals surface area contributed by atoms with Gasteiger partial charge in [0.25, 0.3) is 0 Å². The number of carbonyl (C=O) groups is 1. The molecular formula is C13H14O5. The van der Waals surface area contributed by atoms with Gasteiger partial charge >= 0.3 is 0 Å². The third kappa shape index (κ3) is 1.51. The van der Waals surface area contributed by atoms with Gasteiger partial charge in [-0.2, -0.15) is 0 Å². The summed E-state index contributed by atoms with van der Waals surface area (Å²) in [5.41, 5.74) is 0.610. The molecular weight excluding hydrogens is 236 g/mol. The fourth-order valence-corrected chi connectivity index (χ4v) is 2.22. The van der Waals surface area contributed by atoms with E-state index >= 15 is 0 Å². The molecule has 18 heavy (non-hydrogen) atoms. The van der Waals surface area contributed by atoms with Gasteiger partial charge in [-0.25, -0.2) is 0 Å². The van der Waals surface area contributed by atoms with Gasteiger partial charge in [0, 0.05) is 5.56 Å². The molecule has 1 aromatic rings. The minimum absolute atomic E-state index is 0.0907. The second-order valence-electron chi connectivity index (χ2n) is 4.78. The molecule has 96 valence electrons. The summed E-state index contributed by atoms with van der Waals surface area (Å²) in [6.07, 6.45) is 0. The van der Waals surface area contributed by atoms with E-state index in [-0.39, 0.29) is 32.4 Å². The molecule has 1 saturated heterocycles. The highest BCUT2D eigenvalue weighted by atomic mass is 16.7. The molecule has 0 atom stereocenters. The molecule has 1 N–H and O–H groups in total. The summed E-state index contributed by atoms with van der Waals surface area (Å²) in [6, 6.07) is 3.48. The number of Topliss-reactive ketones (excluding diaryl/α,β-unsaturated/α-hetero) is 1. The van der Waals surface area contributed by atoms with Crippen LogP contribution in [0.5, 0.6) is 11.5 Å². The molecule has 0 unspecified atom stereocenters. The Bertz CT molecular complexity index is 499. The van der Waals surface area contributed by atoms with Crippen LogP contribution >= 0.6 is 0 Å². The summed E-state index contributed by atoms with van der Waals surface area (Å²) in [7, 11) is 0. The van der Waals surface area contributed by atoms with Crippen LogP contribution in [0.25, 0.3) is 0 Å². The van der Waals surface area contributed by atoms with E-state index in [2.05, 4.69) is 0 Å². The van der Waals surface area contributed by atoms with Gasteiger partial charge in [-0.15, -0.1) is 0 Å². The monoisotopic (exact) mass is 250 g/mol. The van der Waals surface area contributed by atoms with Crippen LogP contribution in [-0.2, 0) is 4.74 Å². The summed E-state index contributed by atoms with van der Waals surface area (Å²) < 4.78 is 15.6. The first-order valence-electron chi connectivity index (χ1n) is 5.80. The van der Waals surface area contributed by atoms with Crippen LogP contribution in [0.4, 0.5) is 0 Å². The Labute approximate surface area is 104 Å². The van der Waals surface area contributed by atoms with Crippen molar-refractivity contribution in [1.29, 1.82) is 0 Å². The lowest BCUT2D eigenvalue weighted by molar-refractivity contribution is -0.109. The van der Waals surface area contributed by atoms with Crippen molar-refractivity contribution in [2.75, 3.05) is 26.6 Å². The Hall–Kier alpha value is -1.59. The quantitative estimate of drug-likeness (QED) is 0.808. The van der Waals surface area contributed by atoms with E-state index in [1.807, 2.05) is 6.92 Å². The topological polar surface area (TPSA) is 65.0 Å². The first-order valence-corrected chi connectivity index (χ1v) is 5.80. The van der Waals surface area contributed by atoms with Crippen LogP contribution in [0.1, 0.15) is 15.9 Å². The van der Waals surface area contributed by atoms with E-state index in [0.29, 0.717) is 17.1 Å². The fourth-order valence-electron chi connectivity index (χ4n) is 2.22. The zero-order chi connectivity index (χ0) is 12.8. The minimum atomic E-state index is -0.779. The number of benzene rings is 1. The number of aliphatic hydroxyl groups is 1. The van der Waals surface area contributed by atoms with Crippen LogP contribution < -0.4 is 9.47 Å². The summed E-state index contributed by atoms with van der Waals surface area (Å²) in [4.78, 5) is 12.5. The van der Waals surface area contributed by atoms with Gasteiger partial charge < -0.3 is 19.3 Å². The van der Waals surface area contributed by atoms with Gasteiger partial charge in [0.1, 0.15) is 5.41 Å². The molecule has 2 heterocycles. The predicted octanol–water partition coefficient (Wildman–Crippen LogP) is 0.915. The number of hydrogen-bond acceptors (Lipinski definition) is 5. The third-order valence-corrected chi connectivity index (χ3v) is 3.51. The lowest BCUT2D eigenvalue weighted by Crippen LogP contribution is -2.51. The standard InChI is InChI=1S/C13H14O5/c1-8-2-10-11(18-7-17-10)3-9(8)12(15)13(4-14)5-16-6-13/h2-3,14H,4-7H2,1H3. The van der Waals surface area contributed by atoms with E-state index in [1.165, 1.54) is 0 Å². The number of ketones is 1. The van der Waals surface area contributed by atoms with Crippen molar-refractivity contribution < 1.29 is 24.1 Å². The average molecular weight is 250 g/mol. The van der Waals surface area contributed by atoms with E-state index in [9.17, 15) is 9.90 Å². The number of fused-ring (bicyclic) bond motifs is 1. The van der Waals surface area contributed by atoms with Gasteiger partial charge in [0.2, 0.25) is 6.79 Å². The first kappa shape index (κ1) is 11.5. The zero-order valence-corrected chi connectivity index (χ0v) is 10.1. The van der Waals surface area contributed by atoms with E-state index in [0.717, 1.165) is 5.56 Å². The Morgan fingerprint density at radius 2 is 2.00 bits per heavy atom. The number of hydrogen-bond donors (Lipinski definition) is 1. The molecule has 5 nitrogen and oxygen atoms in total. The SMILES string of the molecule is Cc1cc2c(cc1C(=O)C1(CO)COC1)OCO2. The summed E-state index contributed by atoms with van der Waals surface area (Å²) in [6.45, 7) is 2.38. The number of aryl methyl sites for hydroxylation is 1. The number of aliphatic hydroxyl groups excluding tert-OH is 1. The fraction of sp³-hybridized carbons (Fsp3) is 0.462. The maximum atomic E-state index is 12.5. The molecule has 1 aromatic carbocycles. The van der Waals surface area contributed by atoms with Crippen molar-refractivity contribution in [3.63, 3.8) is 0 Å². The van der Waals surface area contributed by atoms with Crippen LogP contribution in [0, 0.1) is 12.3 Å². The zero-order valence-electron chi connectivity index (χ0n) is 10.1. The first-order chi connectivity index (χ1) is 8.66. The van der Waals surface area contributed by atoms with Crippen LogP contribution in [0.3, 0.4) is 0 Å². The lowest BCUT2D eigenvalue weighted by Gasteiger charge is -2.38. The Morgan fingerprint density at radius 1 is 1.33 bits per heavy atom. The highest BCUT2D eigenvalue weighted by molar-refractivity contribution is 6.03. The molecule has 0 spiro atoms. The molecule has 0 radical (unpaired) electrons. The van der Waals surface area contributed by atoms with E-state index in [4.69, 9.17) is 14.2 Å². The number of ether oxygens (including phenoxy) is 3. The van der Waals surface area contributed by atoms with Gasteiger partial charge in [-0.3, -0.25) is 4.79 Å². The van der Waals surface area contributed by atoms with E-state index < -0.39 is 5.41 Å². The molecule has 2 aliphatic heterocycles. The predicted molar refractivity (Wildman–Crippen MR) is 62.0 cm³/mol. The lowest BCUT2D eigenvalue weighted by atomic mass is 9.78. The van der Waals surface area contributed by atoms with Gasteiger partial charge in [0.05, 0.1) is 19.8 Å². The Morgan fingerprint density at radius 3 is 2.56 bits per heavy atom. The summed E-state index contributed by atoms with van der Waals surface area (Å²) in [5, 5.41) is 9.40. The highest BCUT2D eigenvalue weighted by Crippen LogP contribution is 2.38. The highest BCUT2D eigenvalue weighted by Gasteiger charge is 2.46. The third-order valence-electron chi connectivity index (χ3n) is 3.51. The largest absolute Gasteiger partial charge is 0.454 e. The average Bonchev–Trinajstić information content (AvgIpc) is 2.74. The molecule has 0 aromatic heterocycles. The van der Waals surface area contributed by atoms with Crippen molar-refractivity contribution in [3.8, 4) is 11.5 Å². The summed E-state index contributed by atoms with van der Waals surface area (Å²) >= 11 is 0. The molecule has 1 fully saturated rings. The molecule has 0 bridgehead atoms. The normalized spacial score (nSPS) is 19.4. The second-order valence-corrected chi connectivity index (χ2v) is 4.78. The molecule has 5 heteroatoms. The van der Waals surface area contributed by atoms with Crippen molar-refractivity contribution in [2.45, 2.75) is 6.92 Å². The van der Waals surface area contributed by atoms with Crippen molar-refractivity contribution in [1.82, 2.24) is 0 Å². The van der Waals surface area contributed by atoms with Crippen LogP contribution in [-0.4, -0.2) is 37.5 Å². The van der Waals surface area contributed by atoms with Crippen molar-refractivity contribution in [2.24, 2.45) is 5.41 Å². The van der Waals surface area contributed by atoms with Crippen molar-refractivity contribution in [3.05, 3.63) is 23.3 Å². The molecule has 0 amide bonds. The van der Waals surface area contributed by atoms with Crippen LogP contribution in [0.15, 0.2) is 12.1 Å². The number of carbonyl (C=O) groups excluding carboxylic acids is 1. The molecule has 3 rings (SSSR count).